The van der Waals surface area contributed by atoms with Crippen LogP contribution in [0.2, 0.25) is 0 Å². The maximum atomic E-state index is 8.89. The third-order valence-corrected chi connectivity index (χ3v) is 0.937. The minimum Gasteiger partial charge on any atom is -0.550 e. The molecule has 1 aromatic rings. The topological polar surface area (TPSA) is 86.4 Å². The van der Waals surface area contributed by atoms with Crippen molar-refractivity contribution in [3.63, 3.8) is 0 Å². The van der Waals surface area contributed by atoms with Crippen molar-refractivity contribution in [2.24, 2.45) is 0 Å². The summed E-state index contributed by atoms with van der Waals surface area (Å²) >= 11 is 0. The summed E-state index contributed by atoms with van der Waals surface area (Å²) in [6, 6.07) is 6.70. The summed E-state index contributed by atoms with van der Waals surface area (Å²) in [5.41, 5.74) is 5.69. The minimum atomic E-state index is -1.08. The van der Waals surface area contributed by atoms with Gasteiger partial charge in [0, 0.05) is 5.97 Å². The Bertz CT molecular complexity index is 240. The molecule has 0 aliphatic carbocycles. The summed E-state index contributed by atoms with van der Waals surface area (Å²) < 4.78 is 0. The van der Waals surface area contributed by atoms with Gasteiger partial charge in [0.1, 0.15) is 5.75 Å². The zero-order chi connectivity index (χ0) is 9.56. The number of aromatic hydroxyl groups is 1. The van der Waals surface area contributed by atoms with E-state index in [2.05, 4.69) is 0 Å². The van der Waals surface area contributed by atoms with Crippen molar-refractivity contribution < 1.29 is 32.1 Å². The van der Waals surface area contributed by atoms with Crippen LogP contribution in [0.3, 0.4) is 0 Å². The van der Waals surface area contributed by atoms with E-state index in [1.165, 1.54) is 0 Å². The molecule has 0 unspecified atom stereocenters. The summed E-state index contributed by atoms with van der Waals surface area (Å²) in [6.45, 7) is 0.972. The fourth-order valence-electron chi connectivity index (χ4n) is 0.488. The monoisotopic (exact) mass is 231 g/mol. The van der Waals surface area contributed by atoms with Crippen molar-refractivity contribution in [1.29, 1.82) is 0 Å². The zero-order valence-electron chi connectivity index (χ0n) is 6.95. The average molecular weight is 232 g/mol. The number of benzene rings is 1. The number of hydrogen-bond donors (Lipinski definition) is 2. The molecule has 4 nitrogen and oxygen atoms in total. The van der Waals surface area contributed by atoms with Crippen LogP contribution in [0.5, 0.6) is 5.75 Å². The van der Waals surface area contributed by atoms with E-state index < -0.39 is 5.97 Å². The third-order valence-electron chi connectivity index (χ3n) is 0.937. The van der Waals surface area contributed by atoms with Gasteiger partial charge in [0.15, 0.2) is 0 Å². The van der Waals surface area contributed by atoms with E-state index in [9.17, 15) is 0 Å². The number of phenolic OH excluding ortho intramolecular Hbond substituents is 1. The quantitative estimate of drug-likeness (QED) is 0.366. The number of nitrogens with two attached hydrogens (primary N) is 1. The second-order valence-electron chi connectivity index (χ2n) is 2.05. The Morgan fingerprint density at radius 3 is 2.08 bits per heavy atom. The first-order valence-corrected chi connectivity index (χ1v) is 3.25. The first-order valence-electron chi connectivity index (χ1n) is 3.25. The van der Waals surface area contributed by atoms with E-state index in [-0.39, 0.29) is 22.8 Å². The van der Waals surface area contributed by atoms with Crippen LogP contribution in [-0.2, 0) is 21.9 Å². The van der Waals surface area contributed by atoms with Crippen molar-refractivity contribution in [2.75, 3.05) is 5.73 Å². The van der Waals surface area contributed by atoms with Crippen molar-refractivity contribution in [3.8, 4) is 5.75 Å². The van der Waals surface area contributed by atoms with Crippen LogP contribution in [0.1, 0.15) is 6.92 Å². The van der Waals surface area contributed by atoms with Gasteiger partial charge in [-0.25, -0.2) is 0 Å². The number of carboxylic acid groups (broad SMARTS) is 1. The maximum Gasteiger partial charge on any atom is 1.00 e. The first-order chi connectivity index (χ1) is 5.54. The predicted molar refractivity (Wildman–Crippen MR) is 43.2 cm³/mol. The minimum absolute atomic E-state index is 0. The molecule has 5 heteroatoms. The van der Waals surface area contributed by atoms with Crippen molar-refractivity contribution >= 4 is 11.7 Å². The summed E-state index contributed by atoms with van der Waals surface area (Å²) in [5, 5.41) is 17.7. The molecule has 0 fully saturated rings. The van der Waals surface area contributed by atoms with Crippen LogP contribution in [0.25, 0.3) is 0 Å². The second-order valence-corrected chi connectivity index (χ2v) is 2.05. The van der Waals surface area contributed by atoms with Crippen molar-refractivity contribution in [1.82, 2.24) is 0 Å². The molecule has 0 spiro atoms. The zero-order valence-corrected chi connectivity index (χ0v) is 7.89. The molecule has 0 heterocycles. The summed E-state index contributed by atoms with van der Waals surface area (Å²) in [5.74, 6) is -0.937. The first kappa shape index (κ1) is 14.3. The fraction of sp³-hybridized carbons (Fsp3) is 0.125. The van der Waals surface area contributed by atoms with Gasteiger partial charge < -0.3 is 20.7 Å². The Kier molecular flexibility index (Phi) is 8.23. The Balaban J connectivity index is 0. The Morgan fingerprint density at radius 2 is 1.85 bits per heavy atom. The van der Waals surface area contributed by atoms with Crippen molar-refractivity contribution in [2.45, 2.75) is 6.92 Å². The molecule has 1 rings (SSSR count). The van der Waals surface area contributed by atoms with Gasteiger partial charge in [-0.3, -0.25) is 0 Å². The smallest absolute Gasteiger partial charge is 0.550 e. The maximum absolute atomic E-state index is 8.89. The molecular formula is C8H10CuNO3. The normalized spacial score (nSPS) is 7.46. The van der Waals surface area contributed by atoms with E-state index in [0.717, 1.165) is 6.92 Å². The van der Waals surface area contributed by atoms with Crippen LogP contribution in [0, 0.1) is 0 Å². The Morgan fingerprint density at radius 1 is 1.46 bits per heavy atom. The molecule has 0 bridgehead atoms. The molecular weight excluding hydrogens is 222 g/mol. The van der Waals surface area contributed by atoms with Gasteiger partial charge in [-0.2, -0.15) is 0 Å². The van der Waals surface area contributed by atoms with Gasteiger partial charge in [0.25, 0.3) is 0 Å². The van der Waals surface area contributed by atoms with Gasteiger partial charge in [-0.1, -0.05) is 12.1 Å². The summed E-state index contributed by atoms with van der Waals surface area (Å²) in [4.78, 5) is 8.89. The molecule has 1 aromatic carbocycles. The van der Waals surface area contributed by atoms with Gasteiger partial charge in [-0.05, 0) is 19.1 Å². The second kappa shape index (κ2) is 7.46. The molecule has 0 saturated carbocycles. The van der Waals surface area contributed by atoms with Gasteiger partial charge in [0.2, 0.25) is 0 Å². The number of rotatable bonds is 0. The van der Waals surface area contributed by atoms with E-state index in [4.69, 9.17) is 20.7 Å². The van der Waals surface area contributed by atoms with Gasteiger partial charge >= 0.3 is 17.1 Å². The molecule has 13 heavy (non-hydrogen) atoms. The summed E-state index contributed by atoms with van der Waals surface area (Å²) in [7, 11) is 0. The van der Waals surface area contributed by atoms with Crippen LogP contribution < -0.4 is 10.8 Å². The average Bonchev–Trinajstić information content (AvgIpc) is 1.94. The van der Waals surface area contributed by atoms with Gasteiger partial charge in [0.05, 0.1) is 5.69 Å². The van der Waals surface area contributed by atoms with Crippen LogP contribution in [0.15, 0.2) is 24.3 Å². The molecule has 0 amide bonds. The number of nitrogen functional groups attached to an aromatic ring is 1. The van der Waals surface area contributed by atoms with E-state index >= 15 is 0 Å². The molecule has 3 N–H and O–H groups in total. The number of carbonyl (C=O) groups excluding carboxylic acids is 1. The largest absolute Gasteiger partial charge is 1.00 e. The molecule has 0 radical (unpaired) electrons. The fourth-order valence-corrected chi connectivity index (χ4v) is 0.488. The number of hydrogen-bond acceptors (Lipinski definition) is 4. The Hall–Kier alpha value is -1.19. The van der Waals surface area contributed by atoms with Crippen LogP contribution >= 0.6 is 0 Å². The van der Waals surface area contributed by atoms with E-state index in [1.54, 1.807) is 24.3 Å². The molecule has 76 valence electrons. The predicted octanol–water partition coefficient (Wildman–Crippen LogP) is -0.272. The molecule has 0 aliphatic rings. The van der Waals surface area contributed by atoms with Crippen LogP contribution in [-0.4, -0.2) is 11.1 Å². The third kappa shape index (κ3) is 8.72. The molecule has 0 aliphatic heterocycles. The van der Waals surface area contributed by atoms with E-state index in [0.29, 0.717) is 5.69 Å². The standard InChI is InChI=1S/C6H7NO.C2H4O2.Cu/c7-5-3-1-2-4-6(5)8;1-2(3)4;/h1-4,8H,7H2;1H3,(H,3,4);/q;;+1/p-1. The number of anilines is 1. The SMILES string of the molecule is CC(=O)[O-].Nc1ccccc1O.[Cu+]. The van der Waals surface area contributed by atoms with Gasteiger partial charge in [-0.15, -0.1) is 0 Å². The van der Waals surface area contributed by atoms with Crippen molar-refractivity contribution in [3.05, 3.63) is 24.3 Å². The van der Waals surface area contributed by atoms with Crippen LogP contribution in [0.4, 0.5) is 5.69 Å². The van der Waals surface area contributed by atoms with E-state index in [1.807, 2.05) is 0 Å². The summed E-state index contributed by atoms with van der Waals surface area (Å²) in [6.07, 6.45) is 0. The number of phenols is 1. The molecule has 0 aromatic heterocycles. The molecule has 0 atom stereocenters. The number of carboxylic acids is 1. The Labute approximate surface area is 86.9 Å². The number of carbonyl (C=O) groups is 1. The number of para-hydroxylation sites is 2. The number of aliphatic carboxylic acids is 1. The molecule has 0 saturated heterocycles.